The summed E-state index contributed by atoms with van der Waals surface area (Å²) in [5.41, 5.74) is 2.30. The highest BCUT2D eigenvalue weighted by Crippen LogP contribution is 2.40. The maximum absolute atomic E-state index is 12.5. The van der Waals surface area contributed by atoms with Crippen LogP contribution < -0.4 is 5.32 Å². The van der Waals surface area contributed by atoms with E-state index in [4.69, 9.17) is 0 Å². The average Bonchev–Trinajstić information content (AvgIpc) is 3.34. The number of aryl methyl sites for hydroxylation is 1. The lowest BCUT2D eigenvalue weighted by Crippen LogP contribution is -2.35. The number of rotatable bonds is 8. The van der Waals surface area contributed by atoms with E-state index in [-0.39, 0.29) is 23.7 Å². The monoisotopic (exact) mass is 316 g/mol. The minimum absolute atomic E-state index is 0.0110. The van der Waals surface area contributed by atoms with Crippen LogP contribution in [0.3, 0.4) is 0 Å². The van der Waals surface area contributed by atoms with E-state index in [1.54, 1.807) is 0 Å². The van der Waals surface area contributed by atoms with Crippen LogP contribution in [0.1, 0.15) is 44.2 Å². The van der Waals surface area contributed by atoms with Crippen molar-refractivity contribution in [1.29, 1.82) is 0 Å². The van der Waals surface area contributed by atoms with Gasteiger partial charge in [-0.05, 0) is 31.7 Å². The van der Waals surface area contributed by atoms with Crippen molar-refractivity contribution in [3.63, 3.8) is 0 Å². The fourth-order valence-corrected chi connectivity index (χ4v) is 2.89. The maximum atomic E-state index is 12.5. The van der Waals surface area contributed by atoms with Crippen LogP contribution in [0.25, 0.3) is 0 Å². The standard InChI is InChI=1S/C19H28N2O2/c1-4-10-21(11-5-2)19(23)17-12-16(17)18(22)20-13-15-8-6-14(3)7-9-15/h6-9,16-17H,4-5,10-13H2,1-3H3,(H,20,22). The number of nitrogens with zero attached hydrogens (tertiary/aromatic N) is 1. The van der Waals surface area contributed by atoms with Crippen LogP contribution in [0.2, 0.25) is 0 Å². The van der Waals surface area contributed by atoms with Gasteiger partial charge in [0.1, 0.15) is 0 Å². The van der Waals surface area contributed by atoms with Gasteiger partial charge < -0.3 is 10.2 Å². The molecule has 1 N–H and O–H groups in total. The first-order chi connectivity index (χ1) is 11.1. The summed E-state index contributed by atoms with van der Waals surface area (Å²) in [5, 5.41) is 2.96. The molecule has 23 heavy (non-hydrogen) atoms. The fraction of sp³-hybridized carbons (Fsp3) is 0.579. The summed E-state index contributed by atoms with van der Waals surface area (Å²) in [6, 6.07) is 8.13. The molecule has 4 heteroatoms. The summed E-state index contributed by atoms with van der Waals surface area (Å²) >= 11 is 0. The second-order valence-electron chi connectivity index (χ2n) is 6.48. The minimum atomic E-state index is -0.135. The molecule has 2 amide bonds. The van der Waals surface area contributed by atoms with Gasteiger partial charge in [0.15, 0.2) is 0 Å². The molecule has 126 valence electrons. The first-order valence-electron chi connectivity index (χ1n) is 8.68. The molecule has 0 bridgehead atoms. The number of nitrogens with one attached hydrogen (secondary N) is 1. The molecular formula is C19H28N2O2. The fourth-order valence-electron chi connectivity index (χ4n) is 2.89. The molecule has 0 radical (unpaired) electrons. The molecule has 2 unspecified atom stereocenters. The molecule has 0 aromatic heterocycles. The van der Waals surface area contributed by atoms with Crippen LogP contribution in [0, 0.1) is 18.8 Å². The number of benzene rings is 1. The lowest BCUT2D eigenvalue weighted by atomic mass is 10.1. The molecule has 0 heterocycles. The Morgan fingerprint density at radius 2 is 1.70 bits per heavy atom. The normalized spacial score (nSPS) is 19.3. The molecule has 0 spiro atoms. The van der Waals surface area contributed by atoms with Crippen LogP contribution in [0.4, 0.5) is 0 Å². The smallest absolute Gasteiger partial charge is 0.226 e. The van der Waals surface area contributed by atoms with Crippen molar-refractivity contribution in [3.05, 3.63) is 35.4 Å². The SMILES string of the molecule is CCCN(CCC)C(=O)C1CC1C(=O)NCc1ccc(C)cc1. The third-order valence-electron chi connectivity index (χ3n) is 4.33. The second-order valence-corrected chi connectivity index (χ2v) is 6.48. The third-order valence-corrected chi connectivity index (χ3v) is 4.33. The summed E-state index contributed by atoms with van der Waals surface area (Å²) in [4.78, 5) is 26.6. The van der Waals surface area contributed by atoms with Gasteiger partial charge in [-0.1, -0.05) is 43.7 Å². The van der Waals surface area contributed by atoms with E-state index >= 15 is 0 Å². The van der Waals surface area contributed by atoms with Crippen molar-refractivity contribution in [2.24, 2.45) is 11.8 Å². The molecule has 0 saturated heterocycles. The molecule has 1 aromatic carbocycles. The number of carbonyl (C=O) groups is 2. The Labute approximate surface area is 139 Å². The number of hydrogen-bond acceptors (Lipinski definition) is 2. The van der Waals surface area contributed by atoms with Crippen molar-refractivity contribution < 1.29 is 9.59 Å². The largest absolute Gasteiger partial charge is 0.352 e. The van der Waals surface area contributed by atoms with Crippen molar-refractivity contribution in [2.75, 3.05) is 13.1 Å². The third kappa shape index (κ3) is 4.81. The van der Waals surface area contributed by atoms with E-state index in [0.717, 1.165) is 31.5 Å². The molecular weight excluding hydrogens is 288 g/mol. The lowest BCUT2D eigenvalue weighted by molar-refractivity contribution is -0.134. The summed E-state index contributed by atoms with van der Waals surface area (Å²) in [6.45, 7) is 8.32. The van der Waals surface area contributed by atoms with Crippen LogP contribution in [0.5, 0.6) is 0 Å². The van der Waals surface area contributed by atoms with Crippen molar-refractivity contribution in [1.82, 2.24) is 10.2 Å². The lowest BCUT2D eigenvalue weighted by Gasteiger charge is -2.21. The molecule has 1 aliphatic carbocycles. The molecule has 4 nitrogen and oxygen atoms in total. The molecule has 1 fully saturated rings. The van der Waals surface area contributed by atoms with Gasteiger partial charge in [-0.3, -0.25) is 9.59 Å². The van der Waals surface area contributed by atoms with E-state index in [1.165, 1.54) is 5.56 Å². The maximum Gasteiger partial charge on any atom is 0.226 e. The first-order valence-corrected chi connectivity index (χ1v) is 8.68. The number of amides is 2. The summed E-state index contributed by atoms with van der Waals surface area (Å²) in [5.74, 6) is -0.0728. The highest BCUT2D eigenvalue weighted by Gasteiger charge is 2.49. The quantitative estimate of drug-likeness (QED) is 0.801. The molecule has 1 aromatic rings. The zero-order chi connectivity index (χ0) is 16.8. The van der Waals surface area contributed by atoms with E-state index in [1.807, 2.05) is 36.1 Å². The highest BCUT2D eigenvalue weighted by atomic mass is 16.2. The Morgan fingerprint density at radius 3 is 2.26 bits per heavy atom. The predicted molar refractivity (Wildman–Crippen MR) is 91.8 cm³/mol. The van der Waals surface area contributed by atoms with Crippen molar-refractivity contribution in [3.8, 4) is 0 Å². The van der Waals surface area contributed by atoms with Crippen molar-refractivity contribution >= 4 is 11.8 Å². The summed E-state index contributed by atoms with van der Waals surface area (Å²) in [6.07, 6.45) is 2.62. The Morgan fingerprint density at radius 1 is 1.09 bits per heavy atom. The van der Waals surface area contributed by atoms with Gasteiger partial charge in [-0.25, -0.2) is 0 Å². The van der Waals surface area contributed by atoms with E-state index in [9.17, 15) is 9.59 Å². The Kier molecular flexibility index (Phi) is 6.20. The Balaban J connectivity index is 1.81. The van der Waals surface area contributed by atoms with Gasteiger partial charge in [-0.15, -0.1) is 0 Å². The van der Waals surface area contributed by atoms with Crippen molar-refractivity contribution in [2.45, 2.75) is 46.6 Å². The topological polar surface area (TPSA) is 49.4 Å². The van der Waals surface area contributed by atoms with Crippen LogP contribution in [-0.2, 0) is 16.1 Å². The zero-order valence-electron chi connectivity index (χ0n) is 14.5. The van der Waals surface area contributed by atoms with Gasteiger partial charge in [-0.2, -0.15) is 0 Å². The van der Waals surface area contributed by atoms with Gasteiger partial charge >= 0.3 is 0 Å². The summed E-state index contributed by atoms with van der Waals surface area (Å²) in [7, 11) is 0. The molecule has 2 rings (SSSR count). The predicted octanol–water partition coefficient (Wildman–Crippen LogP) is 2.90. The number of carbonyl (C=O) groups excluding carboxylic acids is 2. The van der Waals surface area contributed by atoms with Crippen LogP contribution in [-0.4, -0.2) is 29.8 Å². The van der Waals surface area contributed by atoms with Gasteiger partial charge in [0.05, 0.1) is 11.8 Å². The Bertz CT molecular complexity index is 533. The molecule has 1 aliphatic rings. The van der Waals surface area contributed by atoms with Gasteiger partial charge in [0, 0.05) is 19.6 Å². The van der Waals surface area contributed by atoms with Crippen LogP contribution >= 0.6 is 0 Å². The van der Waals surface area contributed by atoms with Gasteiger partial charge in [0.2, 0.25) is 11.8 Å². The zero-order valence-corrected chi connectivity index (χ0v) is 14.5. The average molecular weight is 316 g/mol. The van der Waals surface area contributed by atoms with E-state index in [2.05, 4.69) is 19.2 Å². The second kappa shape index (κ2) is 8.14. The number of hydrogen-bond donors (Lipinski definition) is 1. The molecule has 1 saturated carbocycles. The van der Waals surface area contributed by atoms with E-state index < -0.39 is 0 Å². The van der Waals surface area contributed by atoms with Crippen LogP contribution in [0.15, 0.2) is 24.3 Å². The molecule has 0 aliphatic heterocycles. The minimum Gasteiger partial charge on any atom is -0.352 e. The van der Waals surface area contributed by atoms with Gasteiger partial charge in [0.25, 0.3) is 0 Å². The summed E-state index contributed by atoms with van der Waals surface area (Å²) < 4.78 is 0. The molecule has 2 atom stereocenters. The highest BCUT2D eigenvalue weighted by molar-refractivity contribution is 5.92. The first kappa shape index (κ1) is 17.5. The Hall–Kier alpha value is -1.84. The van der Waals surface area contributed by atoms with E-state index in [0.29, 0.717) is 13.0 Å².